The van der Waals surface area contributed by atoms with Crippen molar-refractivity contribution in [2.24, 2.45) is 0 Å². The average molecular weight is 302 g/mol. The predicted octanol–water partition coefficient (Wildman–Crippen LogP) is 4.62. The predicted molar refractivity (Wildman–Crippen MR) is 75.2 cm³/mol. The molecule has 1 aromatic heterocycles. The van der Waals surface area contributed by atoms with Crippen molar-refractivity contribution in [3.05, 3.63) is 57.7 Å². The van der Waals surface area contributed by atoms with Gasteiger partial charge in [-0.2, -0.15) is 0 Å². The first-order valence-corrected chi connectivity index (χ1v) is 6.77. The van der Waals surface area contributed by atoms with Crippen LogP contribution < -0.4 is 5.32 Å². The topological polar surface area (TPSA) is 25.2 Å². The maximum Gasteiger partial charge on any atom is 0.197 e. The van der Waals surface area contributed by atoms with E-state index in [0.717, 1.165) is 17.7 Å². The lowest BCUT2D eigenvalue weighted by atomic mass is 10.0. The maximum atomic E-state index is 13.1. The van der Waals surface area contributed by atoms with Crippen LogP contribution in [0, 0.1) is 5.82 Å². The largest absolute Gasteiger partial charge is 0.453 e. The second-order valence-corrected chi connectivity index (χ2v) is 4.96. The highest BCUT2D eigenvalue weighted by molar-refractivity contribution is 6.30. The molecule has 0 fully saturated rings. The van der Waals surface area contributed by atoms with Crippen molar-refractivity contribution in [3.8, 4) is 0 Å². The summed E-state index contributed by atoms with van der Waals surface area (Å²) in [4.78, 5) is 0. The molecule has 2 aromatic rings. The molecule has 2 rings (SSSR count). The highest BCUT2D eigenvalue weighted by Crippen LogP contribution is 2.27. The standard InChI is InChI=1S/C14H14Cl2FNO/c1-2-18-13(10-5-6-19-14(10)16)8-9-3-4-12(17)11(15)7-9/h3-7,13,18H,2,8H2,1H3. The lowest BCUT2D eigenvalue weighted by molar-refractivity contribution is 0.525. The second-order valence-electron chi connectivity index (χ2n) is 4.21. The van der Waals surface area contributed by atoms with Gasteiger partial charge in [0.05, 0.1) is 11.3 Å². The Hall–Kier alpha value is -1.03. The number of halogens is 3. The minimum atomic E-state index is -0.410. The molecule has 0 amide bonds. The number of nitrogens with one attached hydrogen (secondary N) is 1. The highest BCUT2D eigenvalue weighted by Gasteiger charge is 2.17. The molecule has 0 bridgehead atoms. The van der Waals surface area contributed by atoms with Gasteiger partial charge in [0.1, 0.15) is 5.82 Å². The SMILES string of the molecule is CCNC(Cc1ccc(F)c(Cl)c1)c1ccoc1Cl. The van der Waals surface area contributed by atoms with Crippen LogP contribution >= 0.6 is 23.2 Å². The Morgan fingerprint density at radius 3 is 2.68 bits per heavy atom. The molecule has 1 unspecified atom stereocenters. The van der Waals surface area contributed by atoms with Gasteiger partial charge >= 0.3 is 0 Å². The first-order chi connectivity index (χ1) is 9.11. The quantitative estimate of drug-likeness (QED) is 0.872. The summed E-state index contributed by atoms with van der Waals surface area (Å²) < 4.78 is 18.2. The number of rotatable bonds is 5. The van der Waals surface area contributed by atoms with Gasteiger partial charge in [-0.25, -0.2) is 4.39 Å². The highest BCUT2D eigenvalue weighted by atomic mass is 35.5. The van der Waals surface area contributed by atoms with E-state index in [1.54, 1.807) is 18.4 Å². The van der Waals surface area contributed by atoms with E-state index >= 15 is 0 Å². The molecule has 0 saturated carbocycles. The number of benzene rings is 1. The Bertz CT molecular complexity index is 556. The first-order valence-electron chi connectivity index (χ1n) is 6.02. The third-order valence-electron chi connectivity index (χ3n) is 2.90. The van der Waals surface area contributed by atoms with E-state index in [-0.39, 0.29) is 11.1 Å². The Labute approximate surface area is 121 Å². The molecule has 0 radical (unpaired) electrons. The van der Waals surface area contributed by atoms with E-state index < -0.39 is 5.82 Å². The van der Waals surface area contributed by atoms with Crippen LogP contribution in [0.1, 0.15) is 24.1 Å². The van der Waals surface area contributed by atoms with Crippen LogP contribution in [0.25, 0.3) is 0 Å². The van der Waals surface area contributed by atoms with Crippen molar-refractivity contribution in [3.63, 3.8) is 0 Å². The van der Waals surface area contributed by atoms with Gasteiger partial charge in [0, 0.05) is 11.6 Å². The molecule has 0 spiro atoms. The molecule has 19 heavy (non-hydrogen) atoms. The molecular weight excluding hydrogens is 288 g/mol. The van der Waals surface area contributed by atoms with Gasteiger partial charge < -0.3 is 9.73 Å². The zero-order valence-electron chi connectivity index (χ0n) is 10.4. The molecule has 1 heterocycles. The number of furan rings is 1. The fraction of sp³-hybridized carbons (Fsp3) is 0.286. The lowest BCUT2D eigenvalue weighted by Gasteiger charge is -2.17. The fourth-order valence-corrected chi connectivity index (χ4v) is 2.44. The molecule has 0 aliphatic rings. The van der Waals surface area contributed by atoms with Crippen molar-refractivity contribution in [1.29, 1.82) is 0 Å². The molecule has 1 atom stereocenters. The molecule has 1 N–H and O–H groups in total. The molecule has 5 heteroatoms. The summed E-state index contributed by atoms with van der Waals surface area (Å²) in [5.74, 6) is -0.410. The van der Waals surface area contributed by atoms with Crippen LogP contribution in [0.2, 0.25) is 10.2 Å². The third-order valence-corrected chi connectivity index (χ3v) is 3.49. The maximum absolute atomic E-state index is 13.1. The Morgan fingerprint density at radius 1 is 1.32 bits per heavy atom. The first kappa shape index (κ1) is 14.4. The van der Waals surface area contributed by atoms with E-state index in [1.807, 2.05) is 13.0 Å². The van der Waals surface area contributed by atoms with Crippen LogP contribution in [0.3, 0.4) is 0 Å². The van der Waals surface area contributed by atoms with Crippen molar-refractivity contribution in [2.45, 2.75) is 19.4 Å². The number of hydrogen-bond acceptors (Lipinski definition) is 2. The molecule has 2 nitrogen and oxygen atoms in total. The van der Waals surface area contributed by atoms with Gasteiger partial charge in [0.15, 0.2) is 5.22 Å². The molecule has 0 saturated heterocycles. The van der Waals surface area contributed by atoms with E-state index in [9.17, 15) is 4.39 Å². The van der Waals surface area contributed by atoms with E-state index in [2.05, 4.69) is 5.32 Å². The van der Waals surface area contributed by atoms with Gasteiger partial charge in [-0.3, -0.25) is 0 Å². The van der Waals surface area contributed by atoms with Gasteiger partial charge in [-0.1, -0.05) is 24.6 Å². The summed E-state index contributed by atoms with van der Waals surface area (Å²) in [6, 6.07) is 6.57. The smallest absolute Gasteiger partial charge is 0.197 e. The van der Waals surface area contributed by atoms with Crippen LogP contribution in [0.4, 0.5) is 4.39 Å². The Kier molecular flexibility index (Phi) is 4.86. The number of hydrogen-bond donors (Lipinski definition) is 1. The van der Waals surface area contributed by atoms with Gasteiger partial charge in [0.25, 0.3) is 0 Å². The molecular formula is C14H14Cl2FNO. The zero-order chi connectivity index (χ0) is 13.8. The Balaban J connectivity index is 2.21. The summed E-state index contributed by atoms with van der Waals surface area (Å²) in [5.41, 5.74) is 1.83. The van der Waals surface area contributed by atoms with Crippen LogP contribution in [-0.2, 0) is 6.42 Å². The Morgan fingerprint density at radius 2 is 2.11 bits per heavy atom. The third kappa shape index (κ3) is 3.50. The average Bonchev–Trinajstić information content (AvgIpc) is 2.79. The van der Waals surface area contributed by atoms with E-state index in [0.29, 0.717) is 11.6 Å². The minimum absolute atomic E-state index is 0.0118. The zero-order valence-corrected chi connectivity index (χ0v) is 11.9. The summed E-state index contributed by atoms with van der Waals surface area (Å²) in [7, 11) is 0. The van der Waals surface area contributed by atoms with E-state index in [1.165, 1.54) is 6.07 Å². The van der Waals surface area contributed by atoms with Crippen LogP contribution in [0.15, 0.2) is 34.9 Å². The number of likely N-dealkylation sites (N-methyl/N-ethyl adjacent to an activating group) is 1. The van der Waals surface area contributed by atoms with Gasteiger partial charge in [0.2, 0.25) is 0 Å². The lowest BCUT2D eigenvalue weighted by Crippen LogP contribution is -2.22. The fourth-order valence-electron chi connectivity index (χ4n) is 1.99. The second kappa shape index (κ2) is 6.42. The van der Waals surface area contributed by atoms with E-state index in [4.69, 9.17) is 27.6 Å². The van der Waals surface area contributed by atoms with Gasteiger partial charge in [-0.05, 0) is 48.3 Å². The van der Waals surface area contributed by atoms with Gasteiger partial charge in [-0.15, -0.1) is 0 Å². The summed E-state index contributed by atoms with van der Waals surface area (Å²) in [5, 5.41) is 3.83. The van der Waals surface area contributed by atoms with Crippen molar-refractivity contribution in [2.75, 3.05) is 6.54 Å². The minimum Gasteiger partial charge on any atom is -0.453 e. The normalized spacial score (nSPS) is 12.6. The van der Waals surface area contributed by atoms with Crippen molar-refractivity contribution < 1.29 is 8.81 Å². The van der Waals surface area contributed by atoms with Crippen LogP contribution in [-0.4, -0.2) is 6.54 Å². The molecule has 0 aliphatic carbocycles. The van der Waals surface area contributed by atoms with Crippen molar-refractivity contribution >= 4 is 23.2 Å². The molecule has 102 valence electrons. The van der Waals surface area contributed by atoms with Crippen molar-refractivity contribution in [1.82, 2.24) is 5.32 Å². The molecule has 0 aliphatic heterocycles. The molecule has 1 aromatic carbocycles. The summed E-state index contributed by atoms with van der Waals surface area (Å²) >= 11 is 11.8. The monoisotopic (exact) mass is 301 g/mol. The summed E-state index contributed by atoms with van der Waals surface area (Å²) in [6.45, 7) is 2.81. The van der Waals surface area contributed by atoms with Crippen LogP contribution in [0.5, 0.6) is 0 Å². The summed E-state index contributed by atoms with van der Waals surface area (Å²) in [6.07, 6.45) is 2.22.